The SMILES string of the molecule is Cc1oc2ccccc2c1CNCC1CCCCN1C. The molecule has 108 valence electrons. The number of nitrogens with one attached hydrogen (secondary N) is 1. The Balaban J connectivity index is 1.63. The highest BCUT2D eigenvalue weighted by Gasteiger charge is 2.18. The van der Waals surface area contributed by atoms with Gasteiger partial charge in [0.1, 0.15) is 11.3 Å². The minimum atomic E-state index is 0.683. The molecule has 1 aromatic carbocycles. The summed E-state index contributed by atoms with van der Waals surface area (Å²) in [6.45, 7) is 5.26. The maximum atomic E-state index is 5.81. The minimum Gasteiger partial charge on any atom is -0.461 e. The summed E-state index contributed by atoms with van der Waals surface area (Å²) in [5.41, 5.74) is 2.30. The zero-order chi connectivity index (χ0) is 13.9. The third-order valence-electron chi connectivity index (χ3n) is 4.50. The molecule has 1 aliphatic heterocycles. The van der Waals surface area contributed by atoms with Crippen LogP contribution in [0.5, 0.6) is 0 Å². The minimum absolute atomic E-state index is 0.683. The Labute approximate surface area is 120 Å². The summed E-state index contributed by atoms with van der Waals surface area (Å²) < 4.78 is 5.81. The van der Waals surface area contributed by atoms with Crippen molar-refractivity contribution in [2.24, 2.45) is 0 Å². The number of hydrogen-bond acceptors (Lipinski definition) is 3. The maximum absolute atomic E-state index is 5.81. The van der Waals surface area contributed by atoms with Gasteiger partial charge in [-0.05, 0) is 39.4 Å². The molecule has 0 radical (unpaired) electrons. The molecule has 1 N–H and O–H groups in total. The van der Waals surface area contributed by atoms with Crippen LogP contribution in [-0.2, 0) is 6.54 Å². The summed E-state index contributed by atoms with van der Waals surface area (Å²) in [5, 5.41) is 4.86. The van der Waals surface area contributed by atoms with Crippen LogP contribution in [0.25, 0.3) is 11.0 Å². The van der Waals surface area contributed by atoms with Gasteiger partial charge in [0.2, 0.25) is 0 Å². The van der Waals surface area contributed by atoms with Crippen molar-refractivity contribution in [1.29, 1.82) is 0 Å². The van der Waals surface area contributed by atoms with Gasteiger partial charge in [0.25, 0.3) is 0 Å². The zero-order valence-electron chi connectivity index (χ0n) is 12.5. The molecule has 1 aromatic heterocycles. The topological polar surface area (TPSA) is 28.4 Å². The smallest absolute Gasteiger partial charge is 0.134 e. The van der Waals surface area contributed by atoms with E-state index in [9.17, 15) is 0 Å². The van der Waals surface area contributed by atoms with Crippen molar-refractivity contribution < 1.29 is 4.42 Å². The van der Waals surface area contributed by atoms with Gasteiger partial charge in [-0.2, -0.15) is 0 Å². The number of fused-ring (bicyclic) bond motifs is 1. The molecule has 0 spiro atoms. The first-order chi connectivity index (χ1) is 9.75. The average molecular weight is 272 g/mol. The number of rotatable bonds is 4. The van der Waals surface area contributed by atoms with Crippen LogP contribution >= 0.6 is 0 Å². The molecule has 0 saturated carbocycles. The van der Waals surface area contributed by atoms with Gasteiger partial charge in [0.15, 0.2) is 0 Å². The summed E-state index contributed by atoms with van der Waals surface area (Å²) in [6, 6.07) is 8.98. The van der Waals surface area contributed by atoms with Crippen LogP contribution in [0.2, 0.25) is 0 Å². The predicted molar refractivity (Wildman–Crippen MR) is 82.9 cm³/mol. The lowest BCUT2D eigenvalue weighted by Gasteiger charge is -2.32. The predicted octanol–water partition coefficient (Wildman–Crippen LogP) is 3.32. The lowest BCUT2D eigenvalue weighted by atomic mass is 10.0. The third-order valence-corrected chi connectivity index (χ3v) is 4.50. The molecule has 1 unspecified atom stereocenters. The van der Waals surface area contributed by atoms with Gasteiger partial charge >= 0.3 is 0 Å². The number of piperidine rings is 1. The van der Waals surface area contributed by atoms with Gasteiger partial charge in [-0.15, -0.1) is 0 Å². The fourth-order valence-electron chi connectivity index (χ4n) is 3.21. The summed E-state index contributed by atoms with van der Waals surface area (Å²) >= 11 is 0. The first kappa shape index (κ1) is 13.7. The second-order valence-electron chi connectivity index (χ2n) is 5.89. The highest BCUT2D eigenvalue weighted by molar-refractivity contribution is 5.82. The number of furan rings is 1. The lowest BCUT2D eigenvalue weighted by Crippen LogP contribution is -2.42. The molecule has 3 nitrogen and oxygen atoms in total. The first-order valence-electron chi connectivity index (χ1n) is 7.63. The highest BCUT2D eigenvalue weighted by Crippen LogP contribution is 2.25. The van der Waals surface area contributed by atoms with Gasteiger partial charge in [0.05, 0.1) is 0 Å². The van der Waals surface area contributed by atoms with Crippen molar-refractivity contribution in [3.05, 3.63) is 35.6 Å². The number of para-hydroxylation sites is 1. The standard InChI is InChI=1S/C17H24N2O/c1-13-16(15-8-3-4-9-17(15)20-13)12-18-11-14-7-5-6-10-19(14)2/h3-4,8-9,14,18H,5-7,10-12H2,1-2H3. The fraction of sp³-hybridized carbons (Fsp3) is 0.529. The first-order valence-corrected chi connectivity index (χ1v) is 7.63. The van der Waals surface area contributed by atoms with Gasteiger partial charge < -0.3 is 14.6 Å². The van der Waals surface area contributed by atoms with Crippen molar-refractivity contribution in [1.82, 2.24) is 10.2 Å². The van der Waals surface area contributed by atoms with E-state index in [-0.39, 0.29) is 0 Å². The lowest BCUT2D eigenvalue weighted by molar-refractivity contribution is 0.181. The van der Waals surface area contributed by atoms with Crippen LogP contribution in [0, 0.1) is 6.92 Å². The molecule has 2 heterocycles. The second kappa shape index (κ2) is 5.98. The van der Waals surface area contributed by atoms with E-state index in [1.807, 2.05) is 12.1 Å². The van der Waals surface area contributed by atoms with Gasteiger partial charge in [-0.1, -0.05) is 24.6 Å². The molecule has 0 bridgehead atoms. The van der Waals surface area contributed by atoms with E-state index in [2.05, 4.69) is 36.3 Å². The van der Waals surface area contributed by atoms with Crippen molar-refractivity contribution >= 4 is 11.0 Å². The van der Waals surface area contributed by atoms with Crippen LogP contribution in [0.4, 0.5) is 0 Å². The molecule has 1 aliphatic rings. The molecule has 20 heavy (non-hydrogen) atoms. The molecule has 2 aromatic rings. The molecule has 1 atom stereocenters. The molecule has 3 heteroatoms. The number of hydrogen-bond donors (Lipinski definition) is 1. The average Bonchev–Trinajstić information content (AvgIpc) is 2.77. The third kappa shape index (κ3) is 2.74. The summed E-state index contributed by atoms with van der Waals surface area (Å²) in [7, 11) is 2.24. The molecule has 1 fully saturated rings. The van der Waals surface area contributed by atoms with E-state index in [0.29, 0.717) is 6.04 Å². The van der Waals surface area contributed by atoms with Gasteiger partial charge in [-0.25, -0.2) is 0 Å². The van der Waals surface area contributed by atoms with Gasteiger partial charge in [0, 0.05) is 30.1 Å². The highest BCUT2D eigenvalue weighted by atomic mass is 16.3. The largest absolute Gasteiger partial charge is 0.461 e. The van der Waals surface area contributed by atoms with Crippen LogP contribution < -0.4 is 5.32 Å². The Bertz CT molecular complexity index is 575. The molecular formula is C17H24N2O. The van der Waals surface area contributed by atoms with E-state index >= 15 is 0 Å². The quantitative estimate of drug-likeness (QED) is 0.925. The Morgan fingerprint density at radius 2 is 2.15 bits per heavy atom. The molecule has 0 aliphatic carbocycles. The van der Waals surface area contributed by atoms with Crippen LogP contribution in [0.3, 0.4) is 0 Å². The summed E-state index contributed by atoms with van der Waals surface area (Å²) in [5.74, 6) is 1.04. The van der Waals surface area contributed by atoms with Crippen LogP contribution in [-0.4, -0.2) is 31.1 Å². The van der Waals surface area contributed by atoms with E-state index in [4.69, 9.17) is 4.42 Å². The molecule has 0 amide bonds. The number of likely N-dealkylation sites (N-methyl/N-ethyl adjacent to an activating group) is 1. The number of likely N-dealkylation sites (tertiary alicyclic amines) is 1. The summed E-state index contributed by atoms with van der Waals surface area (Å²) in [6.07, 6.45) is 4.03. The van der Waals surface area contributed by atoms with Crippen molar-refractivity contribution in [3.63, 3.8) is 0 Å². The number of nitrogens with zero attached hydrogens (tertiary/aromatic N) is 1. The molecule has 1 saturated heterocycles. The Kier molecular flexibility index (Phi) is 4.08. The monoisotopic (exact) mass is 272 g/mol. The van der Waals surface area contributed by atoms with E-state index in [1.165, 1.54) is 36.8 Å². The Morgan fingerprint density at radius 3 is 3.00 bits per heavy atom. The summed E-state index contributed by atoms with van der Waals surface area (Å²) in [4.78, 5) is 2.48. The maximum Gasteiger partial charge on any atom is 0.134 e. The number of aryl methyl sites for hydroxylation is 1. The normalized spacial score (nSPS) is 20.6. The number of benzene rings is 1. The van der Waals surface area contributed by atoms with Crippen LogP contribution in [0.15, 0.2) is 28.7 Å². The second-order valence-corrected chi connectivity index (χ2v) is 5.89. The molecule has 3 rings (SSSR count). The van der Waals surface area contributed by atoms with E-state index in [1.54, 1.807) is 0 Å². The fourth-order valence-corrected chi connectivity index (χ4v) is 3.21. The Morgan fingerprint density at radius 1 is 1.30 bits per heavy atom. The van der Waals surface area contributed by atoms with E-state index < -0.39 is 0 Å². The molecular weight excluding hydrogens is 248 g/mol. The van der Waals surface area contributed by atoms with E-state index in [0.717, 1.165) is 24.4 Å². The zero-order valence-corrected chi connectivity index (χ0v) is 12.5. The van der Waals surface area contributed by atoms with Crippen LogP contribution in [0.1, 0.15) is 30.6 Å². The Hall–Kier alpha value is -1.32. The van der Waals surface area contributed by atoms with Crippen molar-refractivity contribution in [2.45, 2.75) is 38.8 Å². The van der Waals surface area contributed by atoms with Crippen molar-refractivity contribution in [2.75, 3.05) is 20.1 Å². The van der Waals surface area contributed by atoms with Gasteiger partial charge in [-0.3, -0.25) is 0 Å². The van der Waals surface area contributed by atoms with Crippen molar-refractivity contribution in [3.8, 4) is 0 Å².